The number of nitrogens with zero attached hydrogens (tertiary/aromatic N) is 3. The molecule has 2 aliphatic rings. The summed E-state index contributed by atoms with van der Waals surface area (Å²) in [4.78, 5) is 35.0. The van der Waals surface area contributed by atoms with Gasteiger partial charge in [-0.3, -0.25) is 4.79 Å². The summed E-state index contributed by atoms with van der Waals surface area (Å²) in [7, 11) is 1.48. The van der Waals surface area contributed by atoms with Crippen molar-refractivity contribution < 1.29 is 19.4 Å². The first kappa shape index (κ1) is 19.9. The number of methoxy groups -OCH3 is 1. The molecule has 1 atom stereocenters. The second kappa shape index (κ2) is 8.17. The first-order valence-electron chi connectivity index (χ1n) is 10.2. The van der Waals surface area contributed by atoms with Gasteiger partial charge in [0.2, 0.25) is 11.9 Å². The fourth-order valence-corrected chi connectivity index (χ4v) is 4.25. The summed E-state index contributed by atoms with van der Waals surface area (Å²) in [5, 5.41) is 15.2. The molecule has 1 aliphatic carbocycles. The van der Waals surface area contributed by atoms with Crippen molar-refractivity contribution in [2.75, 3.05) is 22.6 Å². The van der Waals surface area contributed by atoms with E-state index < -0.39 is 5.97 Å². The Kier molecular flexibility index (Phi) is 5.43. The maximum atomic E-state index is 12.6. The summed E-state index contributed by atoms with van der Waals surface area (Å²) in [6, 6.07) is 4.58. The highest BCUT2D eigenvalue weighted by Crippen LogP contribution is 2.38. The molecule has 1 aromatic carbocycles. The third-order valence-corrected chi connectivity index (χ3v) is 5.71. The van der Waals surface area contributed by atoms with Crippen LogP contribution < -0.4 is 20.3 Å². The predicted octanol–water partition coefficient (Wildman–Crippen LogP) is 3.41. The zero-order valence-electron chi connectivity index (χ0n) is 17.0. The van der Waals surface area contributed by atoms with Crippen LogP contribution in [0.5, 0.6) is 5.75 Å². The first-order chi connectivity index (χ1) is 14.5. The lowest BCUT2D eigenvalue weighted by atomic mass is 10.0. The van der Waals surface area contributed by atoms with Crippen molar-refractivity contribution in [2.24, 2.45) is 0 Å². The molecule has 0 bridgehead atoms. The SMILES string of the molecule is CC[C@@H]1C(=O)Nc2cnc(Nc3ccc(C(=O)O)cc3OC)nc2N1C1CCCC1. The number of hydrogen-bond acceptors (Lipinski definition) is 7. The monoisotopic (exact) mass is 411 g/mol. The van der Waals surface area contributed by atoms with E-state index in [1.807, 2.05) is 6.92 Å². The molecule has 0 spiro atoms. The lowest BCUT2D eigenvalue weighted by molar-refractivity contribution is -0.117. The van der Waals surface area contributed by atoms with Crippen molar-refractivity contribution >= 4 is 35.0 Å². The molecule has 1 fully saturated rings. The van der Waals surface area contributed by atoms with E-state index in [4.69, 9.17) is 9.72 Å². The van der Waals surface area contributed by atoms with Crippen LogP contribution in [0, 0.1) is 0 Å². The van der Waals surface area contributed by atoms with Gasteiger partial charge in [0, 0.05) is 6.04 Å². The zero-order chi connectivity index (χ0) is 21.3. The Morgan fingerprint density at radius 1 is 1.37 bits per heavy atom. The number of fused-ring (bicyclic) bond motifs is 1. The molecule has 3 N–H and O–H groups in total. The summed E-state index contributed by atoms with van der Waals surface area (Å²) in [6.07, 6.45) is 6.68. The van der Waals surface area contributed by atoms with E-state index in [1.54, 1.807) is 12.3 Å². The molecular weight excluding hydrogens is 386 g/mol. The zero-order valence-corrected chi connectivity index (χ0v) is 17.0. The molecule has 2 heterocycles. The average Bonchev–Trinajstić information content (AvgIpc) is 3.27. The molecule has 1 aromatic heterocycles. The highest BCUT2D eigenvalue weighted by molar-refractivity contribution is 6.02. The van der Waals surface area contributed by atoms with Crippen LogP contribution in [0.25, 0.3) is 0 Å². The van der Waals surface area contributed by atoms with Gasteiger partial charge in [-0.05, 0) is 37.5 Å². The van der Waals surface area contributed by atoms with Crippen LogP contribution in [0.3, 0.4) is 0 Å². The second-order valence-corrected chi connectivity index (χ2v) is 7.53. The summed E-state index contributed by atoms with van der Waals surface area (Å²) in [6.45, 7) is 2.01. The molecule has 4 rings (SSSR count). The normalized spacial score (nSPS) is 18.7. The number of carboxylic acid groups (broad SMARTS) is 1. The van der Waals surface area contributed by atoms with E-state index in [0.29, 0.717) is 35.3 Å². The Bertz CT molecular complexity index is 974. The van der Waals surface area contributed by atoms with E-state index >= 15 is 0 Å². The van der Waals surface area contributed by atoms with Crippen molar-refractivity contribution in [3.63, 3.8) is 0 Å². The van der Waals surface area contributed by atoms with Gasteiger partial charge in [0.15, 0.2) is 5.82 Å². The number of carbonyl (C=O) groups is 2. The quantitative estimate of drug-likeness (QED) is 0.662. The van der Waals surface area contributed by atoms with Gasteiger partial charge >= 0.3 is 5.97 Å². The van der Waals surface area contributed by atoms with Crippen LogP contribution in [-0.4, -0.2) is 46.1 Å². The Balaban J connectivity index is 1.69. The minimum Gasteiger partial charge on any atom is -0.495 e. The second-order valence-electron chi connectivity index (χ2n) is 7.53. The molecular formula is C21H25N5O4. The van der Waals surface area contributed by atoms with E-state index in [2.05, 4.69) is 20.5 Å². The van der Waals surface area contributed by atoms with Gasteiger partial charge in [0.25, 0.3) is 0 Å². The van der Waals surface area contributed by atoms with Crippen molar-refractivity contribution in [3.8, 4) is 5.75 Å². The lowest BCUT2D eigenvalue weighted by Gasteiger charge is -2.40. The number of anilines is 4. The number of aromatic carboxylic acids is 1. The first-order valence-corrected chi connectivity index (χ1v) is 10.2. The predicted molar refractivity (Wildman–Crippen MR) is 113 cm³/mol. The summed E-state index contributed by atoms with van der Waals surface area (Å²) in [5.74, 6) is 0.394. The largest absolute Gasteiger partial charge is 0.495 e. The maximum absolute atomic E-state index is 12.6. The van der Waals surface area contributed by atoms with Crippen LogP contribution in [0.15, 0.2) is 24.4 Å². The Hall–Kier alpha value is -3.36. The average molecular weight is 411 g/mol. The number of ether oxygens (including phenoxy) is 1. The van der Waals surface area contributed by atoms with E-state index in [0.717, 1.165) is 25.7 Å². The summed E-state index contributed by atoms with van der Waals surface area (Å²) >= 11 is 0. The maximum Gasteiger partial charge on any atom is 0.335 e. The van der Waals surface area contributed by atoms with Crippen molar-refractivity contribution in [1.82, 2.24) is 9.97 Å². The van der Waals surface area contributed by atoms with E-state index in [1.165, 1.54) is 19.2 Å². The molecule has 0 radical (unpaired) electrons. The Morgan fingerprint density at radius 3 is 2.80 bits per heavy atom. The van der Waals surface area contributed by atoms with Crippen LogP contribution in [-0.2, 0) is 4.79 Å². The number of aromatic nitrogens is 2. The molecule has 1 aliphatic heterocycles. The van der Waals surface area contributed by atoms with Crippen LogP contribution in [0.2, 0.25) is 0 Å². The molecule has 9 nitrogen and oxygen atoms in total. The third kappa shape index (κ3) is 3.62. The molecule has 30 heavy (non-hydrogen) atoms. The van der Waals surface area contributed by atoms with Gasteiger partial charge in [-0.1, -0.05) is 19.8 Å². The third-order valence-electron chi connectivity index (χ3n) is 5.71. The van der Waals surface area contributed by atoms with Crippen LogP contribution in [0.1, 0.15) is 49.4 Å². The van der Waals surface area contributed by atoms with Gasteiger partial charge in [0.1, 0.15) is 17.5 Å². The Morgan fingerprint density at radius 2 is 2.13 bits per heavy atom. The van der Waals surface area contributed by atoms with Gasteiger partial charge in [-0.15, -0.1) is 0 Å². The standard InChI is InChI=1S/C21H25N5O4/c1-3-16-19(27)23-15-11-22-21(25-18(15)26(16)13-6-4-5-7-13)24-14-9-8-12(20(28)29)10-17(14)30-2/h8-11,13,16H,3-7H2,1-2H3,(H,23,27)(H,28,29)(H,22,24,25)/t16-/m1/s1. The highest BCUT2D eigenvalue weighted by atomic mass is 16.5. The smallest absolute Gasteiger partial charge is 0.335 e. The molecule has 1 amide bonds. The molecule has 2 aromatic rings. The van der Waals surface area contributed by atoms with Crippen molar-refractivity contribution in [2.45, 2.75) is 51.1 Å². The molecule has 158 valence electrons. The van der Waals surface area contributed by atoms with E-state index in [9.17, 15) is 14.7 Å². The van der Waals surface area contributed by atoms with Gasteiger partial charge in [0.05, 0.1) is 24.6 Å². The summed E-state index contributed by atoms with van der Waals surface area (Å²) in [5.41, 5.74) is 1.29. The van der Waals surface area contributed by atoms with E-state index in [-0.39, 0.29) is 23.6 Å². The van der Waals surface area contributed by atoms with Gasteiger partial charge in [-0.2, -0.15) is 4.98 Å². The lowest BCUT2D eigenvalue weighted by Crippen LogP contribution is -2.52. The van der Waals surface area contributed by atoms with Gasteiger partial charge < -0.3 is 25.4 Å². The number of benzene rings is 1. The highest BCUT2D eigenvalue weighted by Gasteiger charge is 2.38. The van der Waals surface area contributed by atoms with Gasteiger partial charge in [-0.25, -0.2) is 9.78 Å². The summed E-state index contributed by atoms with van der Waals surface area (Å²) < 4.78 is 5.32. The Labute approximate surface area is 174 Å². The minimum atomic E-state index is -1.03. The number of nitrogens with one attached hydrogen (secondary N) is 2. The number of rotatable bonds is 6. The molecule has 0 saturated heterocycles. The van der Waals surface area contributed by atoms with Crippen molar-refractivity contribution in [3.05, 3.63) is 30.0 Å². The van der Waals surface area contributed by atoms with Crippen LogP contribution in [0.4, 0.5) is 23.1 Å². The number of amides is 1. The van der Waals surface area contributed by atoms with Crippen LogP contribution >= 0.6 is 0 Å². The fourth-order valence-electron chi connectivity index (χ4n) is 4.25. The molecule has 9 heteroatoms. The van der Waals surface area contributed by atoms with Crippen molar-refractivity contribution in [1.29, 1.82) is 0 Å². The molecule has 0 unspecified atom stereocenters. The minimum absolute atomic E-state index is 0.0212. The fraction of sp³-hybridized carbons (Fsp3) is 0.429. The topological polar surface area (TPSA) is 117 Å². The number of hydrogen-bond donors (Lipinski definition) is 3. The number of carbonyl (C=O) groups excluding carboxylic acids is 1. The molecule has 1 saturated carbocycles. The number of carboxylic acids is 1.